The lowest BCUT2D eigenvalue weighted by Gasteiger charge is -2.39. The van der Waals surface area contributed by atoms with Gasteiger partial charge in [0.2, 0.25) is 5.66 Å². The van der Waals surface area contributed by atoms with Gasteiger partial charge in [0, 0.05) is 0 Å². The Morgan fingerprint density at radius 1 is 1.18 bits per heavy atom. The maximum absolute atomic E-state index is 12.7. The summed E-state index contributed by atoms with van der Waals surface area (Å²) < 4.78 is 30.7. The van der Waals surface area contributed by atoms with Crippen LogP contribution < -0.4 is 0 Å². The quantitative estimate of drug-likeness (QED) is 0.693. The Morgan fingerprint density at radius 3 is 2.41 bits per heavy atom. The predicted octanol–water partition coefficient (Wildman–Crippen LogP) is 3.06. The van der Waals surface area contributed by atoms with Crippen LogP contribution in [0.1, 0.15) is 41.0 Å². The molecular formula is C16H25NO4P+. The Balaban J connectivity index is 1.93. The molecule has 6 heteroatoms. The fraction of sp³-hybridized carbons (Fsp3) is 0.938. The van der Waals surface area contributed by atoms with Gasteiger partial charge in [-0.3, -0.25) is 0 Å². The maximum Gasteiger partial charge on any atom is 0.358 e. The van der Waals surface area contributed by atoms with Crippen molar-refractivity contribution in [1.82, 2.24) is 0 Å². The predicted molar refractivity (Wildman–Crippen MR) is 81.9 cm³/mol. The van der Waals surface area contributed by atoms with Gasteiger partial charge in [0.1, 0.15) is 6.07 Å². The van der Waals surface area contributed by atoms with Crippen LogP contribution >= 0.6 is 7.80 Å². The van der Waals surface area contributed by atoms with E-state index in [1.165, 1.54) is 0 Å². The zero-order valence-corrected chi connectivity index (χ0v) is 14.9. The van der Waals surface area contributed by atoms with E-state index >= 15 is 0 Å². The van der Waals surface area contributed by atoms with Gasteiger partial charge in [-0.25, -0.2) is 0 Å². The maximum atomic E-state index is 12.7. The second-order valence-electron chi connectivity index (χ2n) is 8.14. The van der Waals surface area contributed by atoms with Crippen molar-refractivity contribution < 1.29 is 18.8 Å². The van der Waals surface area contributed by atoms with E-state index in [1.54, 1.807) is 0 Å². The number of ether oxygens (including phenoxy) is 3. The highest BCUT2D eigenvalue weighted by molar-refractivity contribution is 7.46. The summed E-state index contributed by atoms with van der Waals surface area (Å²) in [7, 11) is -1.59. The van der Waals surface area contributed by atoms with Crippen LogP contribution in [0.15, 0.2) is 0 Å². The average molecular weight is 326 g/mol. The summed E-state index contributed by atoms with van der Waals surface area (Å²) in [6, 6.07) is 2.30. The second-order valence-corrected chi connectivity index (χ2v) is 9.86. The summed E-state index contributed by atoms with van der Waals surface area (Å²) in [4.78, 5) is 0. The van der Waals surface area contributed by atoms with Gasteiger partial charge >= 0.3 is 7.80 Å². The van der Waals surface area contributed by atoms with Gasteiger partial charge < -0.3 is 14.2 Å². The van der Waals surface area contributed by atoms with E-state index in [2.05, 4.69) is 13.0 Å². The minimum atomic E-state index is -1.59. The highest BCUT2D eigenvalue weighted by atomic mass is 31.1. The molecule has 3 heterocycles. The molecule has 122 valence electrons. The van der Waals surface area contributed by atoms with E-state index in [1.807, 2.05) is 27.7 Å². The molecule has 5 nitrogen and oxygen atoms in total. The highest BCUT2D eigenvalue weighted by Crippen LogP contribution is 2.60. The normalized spacial score (nSPS) is 47.9. The summed E-state index contributed by atoms with van der Waals surface area (Å²) in [5.74, 6) is -0.589. The van der Waals surface area contributed by atoms with Crippen molar-refractivity contribution in [3.05, 3.63) is 0 Å². The summed E-state index contributed by atoms with van der Waals surface area (Å²) in [6.07, 6.45) is 1.000. The Kier molecular flexibility index (Phi) is 3.70. The van der Waals surface area contributed by atoms with Crippen LogP contribution in [-0.4, -0.2) is 42.0 Å². The summed E-state index contributed by atoms with van der Waals surface area (Å²) >= 11 is 0. The Labute approximate surface area is 133 Å². The van der Waals surface area contributed by atoms with Gasteiger partial charge in [0.05, 0.1) is 35.7 Å². The molecule has 0 amide bonds. The number of rotatable bonds is 1. The summed E-state index contributed by atoms with van der Waals surface area (Å²) in [5, 5.41) is 9.53. The Morgan fingerprint density at radius 2 is 1.86 bits per heavy atom. The lowest BCUT2D eigenvalue weighted by molar-refractivity contribution is -0.157. The molecule has 0 aliphatic carbocycles. The molecule has 0 aromatic rings. The first-order chi connectivity index (χ1) is 10.1. The van der Waals surface area contributed by atoms with Crippen molar-refractivity contribution in [2.24, 2.45) is 11.3 Å². The first kappa shape index (κ1) is 16.3. The Bertz CT molecular complexity index is 541. The number of hydrogen-bond donors (Lipinski definition) is 0. The van der Waals surface area contributed by atoms with Crippen molar-refractivity contribution in [2.45, 2.75) is 70.3 Å². The fourth-order valence-corrected chi connectivity index (χ4v) is 6.63. The molecule has 0 bridgehead atoms. The molecule has 0 aromatic heterocycles. The third-order valence-corrected chi connectivity index (χ3v) is 7.29. The zero-order valence-electron chi connectivity index (χ0n) is 14.0. The average Bonchev–Trinajstić information content (AvgIpc) is 2.84. The summed E-state index contributed by atoms with van der Waals surface area (Å²) in [6.45, 7) is 10.4. The van der Waals surface area contributed by atoms with Gasteiger partial charge in [-0.15, -0.1) is 0 Å². The number of fused-ring (bicyclic) bond motifs is 1. The van der Waals surface area contributed by atoms with Crippen molar-refractivity contribution in [3.8, 4) is 6.07 Å². The van der Waals surface area contributed by atoms with E-state index < -0.39 is 19.2 Å². The van der Waals surface area contributed by atoms with E-state index in [-0.39, 0.29) is 29.1 Å². The lowest BCUT2D eigenvalue weighted by atomic mass is 9.71. The van der Waals surface area contributed by atoms with Crippen LogP contribution in [0.2, 0.25) is 0 Å². The van der Waals surface area contributed by atoms with Crippen LogP contribution in [0, 0.1) is 22.7 Å². The Hall–Kier alpha value is -0.530. The number of nitriles is 1. The molecule has 6 unspecified atom stereocenters. The van der Waals surface area contributed by atoms with Gasteiger partial charge in [-0.2, -0.15) is 5.26 Å². The molecule has 3 fully saturated rings. The fourth-order valence-electron chi connectivity index (χ4n) is 4.56. The van der Waals surface area contributed by atoms with Crippen LogP contribution in [0.5, 0.6) is 0 Å². The van der Waals surface area contributed by atoms with Crippen molar-refractivity contribution >= 4 is 7.80 Å². The molecule has 22 heavy (non-hydrogen) atoms. The molecule has 0 saturated carbocycles. The standard InChI is InChI=1S/C16H25NO4P/c1-14(2)9-16(5)12(6-17)22(18)8-10(13(16)21-14)11-7-19-15(3,4)20-11/h10-13H,7-9H2,1-5H3/q+1. The smallest absolute Gasteiger partial charge is 0.358 e. The van der Waals surface area contributed by atoms with E-state index in [0.29, 0.717) is 12.8 Å². The SMILES string of the molecule is CC1(C)CC2(C)C(O1)C(C1COC(C)(C)O1)C[P+](=O)C2C#N. The highest BCUT2D eigenvalue weighted by Gasteiger charge is 2.67. The van der Waals surface area contributed by atoms with Crippen LogP contribution in [0.3, 0.4) is 0 Å². The monoisotopic (exact) mass is 326 g/mol. The van der Waals surface area contributed by atoms with Gasteiger partial charge in [-0.05, 0) is 34.1 Å². The number of nitrogens with zero attached hydrogens (tertiary/aromatic N) is 1. The van der Waals surface area contributed by atoms with E-state index in [9.17, 15) is 9.83 Å². The third kappa shape index (κ3) is 2.51. The first-order valence-electron chi connectivity index (χ1n) is 7.91. The lowest BCUT2D eigenvalue weighted by Crippen LogP contribution is -2.51. The van der Waals surface area contributed by atoms with Crippen LogP contribution in [0.25, 0.3) is 0 Å². The van der Waals surface area contributed by atoms with Crippen LogP contribution in [0.4, 0.5) is 0 Å². The molecule has 0 spiro atoms. The van der Waals surface area contributed by atoms with Gasteiger partial charge in [0.25, 0.3) is 0 Å². The molecule has 3 saturated heterocycles. The van der Waals surface area contributed by atoms with Gasteiger partial charge in [0.15, 0.2) is 11.9 Å². The molecule has 3 aliphatic rings. The molecular weight excluding hydrogens is 301 g/mol. The second kappa shape index (κ2) is 4.98. The minimum absolute atomic E-state index is 0.0155. The molecule has 0 aromatic carbocycles. The number of hydrogen-bond acceptors (Lipinski definition) is 5. The summed E-state index contributed by atoms with van der Waals surface area (Å²) in [5.41, 5.74) is -1.13. The topological polar surface area (TPSA) is 68.6 Å². The molecule has 3 aliphatic heterocycles. The molecule has 6 atom stereocenters. The minimum Gasteiger partial charge on any atom is -0.371 e. The van der Waals surface area contributed by atoms with Crippen molar-refractivity contribution in [1.29, 1.82) is 5.26 Å². The van der Waals surface area contributed by atoms with Gasteiger partial charge in [-0.1, -0.05) is 11.5 Å². The molecule has 0 N–H and O–H groups in total. The zero-order chi connectivity index (χ0) is 16.3. The third-order valence-electron chi connectivity index (χ3n) is 5.23. The largest absolute Gasteiger partial charge is 0.371 e. The molecule has 0 radical (unpaired) electrons. The van der Waals surface area contributed by atoms with Crippen molar-refractivity contribution in [2.75, 3.05) is 12.8 Å². The molecule has 3 rings (SSSR count). The van der Waals surface area contributed by atoms with E-state index in [4.69, 9.17) is 14.2 Å². The van der Waals surface area contributed by atoms with Crippen molar-refractivity contribution in [3.63, 3.8) is 0 Å². The van der Waals surface area contributed by atoms with Crippen LogP contribution in [-0.2, 0) is 18.8 Å². The first-order valence-corrected chi connectivity index (χ1v) is 9.42. The van der Waals surface area contributed by atoms with E-state index in [0.717, 1.165) is 6.42 Å².